The fourth-order valence-corrected chi connectivity index (χ4v) is 3.13. The van der Waals surface area contributed by atoms with Gasteiger partial charge in [-0.2, -0.15) is 5.10 Å². The van der Waals surface area contributed by atoms with Crippen molar-refractivity contribution < 1.29 is 4.42 Å². The number of nitrogens with one attached hydrogen (secondary N) is 1. The number of benzene rings is 2. The van der Waals surface area contributed by atoms with E-state index in [-0.39, 0.29) is 0 Å². The average molecular weight is 411 g/mol. The maximum Gasteiger partial charge on any atom is 0.226 e. The molecule has 140 valence electrons. The normalized spacial score (nSPS) is 11.4. The highest BCUT2D eigenvalue weighted by Crippen LogP contribution is 2.26. The molecule has 0 aliphatic carbocycles. The van der Waals surface area contributed by atoms with Gasteiger partial charge in [-0.05, 0) is 62.4 Å². The summed E-state index contributed by atoms with van der Waals surface area (Å²) in [4.78, 5) is 9.02. The number of rotatable bonds is 4. The molecule has 5 nitrogen and oxygen atoms in total. The van der Waals surface area contributed by atoms with Crippen LogP contribution in [-0.4, -0.2) is 16.2 Å². The Labute approximate surface area is 172 Å². The second kappa shape index (κ2) is 7.62. The Morgan fingerprint density at radius 1 is 0.964 bits per heavy atom. The van der Waals surface area contributed by atoms with Crippen LogP contribution in [0.4, 0.5) is 5.69 Å². The number of fused-ring (bicyclic) bond motifs is 1. The number of halogens is 2. The van der Waals surface area contributed by atoms with Crippen molar-refractivity contribution in [1.82, 2.24) is 9.97 Å². The Bertz CT molecular complexity index is 1180. The molecule has 0 amide bonds. The molecule has 0 aliphatic rings. The van der Waals surface area contributed by atoms with E-state index in [1.807, 2.05) is 50.2 Å². The number of pyridine rings is 1. The van der Waals surface area contributed by atoms with Crippen molar-refractivity contribution in [2.75, 3.05) is 5.43 Å². The Kier molecular flexibility index (Phi) is 5.03. The van der Waals surface area contributed by atoms with E-state index in [2.05, 4.69) is 20.5 Å². The van der Waals surface area contributed by atoms with Crippen LogP contribution in [0.2, 0.25) is 10.0 Å². The summed E-state index contributed by atoms with van der Waals surface area (Å²) >= 11 is 12.1. The van der Waals surface area contributed by atoms with Crippen molar-refractivity contribution in [2.45, 2.75) is 13.8 Å². The van der Waals surface area contributed by atoms with Crippen molar-refractivity contribution in [1.29, 1.82) is 0 Å². The summed E-state index contributed by atoms with van der Waals surface area (Å²) in [6, 6.07) is 14.8. The van der Waals surface area contributed by atoms with Crippen molar-refractivity contribution in [3.8, 4) is 11.5 Å². The minimum absolute atomic E-state index is 0.521. The third-order valence-electron chi connectivity index (χ3n) is 4.19. The molecule has 2 aromatic carbocycles. The van der Waals surface area contributed by atoms with Crippen LogP contribution in [0.5, 0.6) is 0 Å². The molecule has 2 aromatic heterocycles. The second-order valence-corrected chi connectivity index (χ2v) is 7.18. The number of hydrazone groups is 1. The minimum atomic E-state index is 0.521. The molecule has 2 heterocycles. The molecule has 0 spiro atoms. The van der Waals surface area contributed by atoms with E-state index in [1.165, 1.54) is 0 Å². The molecule has 0 bridgehead atoms. The Morgan fingerprint density at radius 2 is 1.71 bits per heavy atom. The molecule has 0 atom stereocenters. The number of hydrogen-bond donors (Lipinski definition) is 1. The molecule has 4 aromatic rings. The van der Waals surface area contributed by atoms with Gasteiger partial charge in [0.2, 0.25) is 5.89 Å². The molecule has 0 unspecified atom stereocenters. The molecule has 0 saturated carbocycles. The van der Waals surface area contributed by atoms with Crippen molar-refractivity contribution in [3.05, 3.63) is 75.7 Å². The summed E-state index contributed by atoms with van der Waals surface area (Å²) in [7, 11) is 0. The van der Waals surface area contributed by atoms with E-state index in [0.717, 1.165) is 27.8 Å². The van der Waals surface area contributed by atoms with Crippen molar-refractivity contribution >= 4 is 46.0 Å². The molecular formula is C21H16Cl2N4O. The second-order valence-electron chi connectivity index (χ2n) is 6.31. The first kappa shape index (κ1) is 18.5. The van der Waals surface area contributed by atoms with Gasteiger partial charge >= 0.3 is 0 Å². The maximum atomic E-state index is 6.13. The number of anilines is 1. The van der Waals surface area contributed by atoms with Crippen LogP contribution in [0.3, 0.4) is 0 Å². The summed E-state index contributed by atoms with van der Waals surface area (Å²) in [5, 5.41) is 6.53. The quantitative estimate of drug-likeness (QED) is 0.318. The zero-order valence-corrected chi connectivity index (χ0v) is 16.7. The van der Waals surface area contributed by atoms with E-state index in [4.69, 9.17) is 27.6 Å². The standard InChI is InChI=1S/C21H16Cl2N4O/c1-12-9-19(17-10-16(23)7-8-18(17)25-12)27-24-11-20-13(2)28-21(26-20)14-3-5-15(22)6-4-14/h3-11H,1-2H3,(H,25,27)/b24-11+. The first-order valence-electron chi connectivity index (χ1n) is 8.59. The SMILES string of the molecule is Cc1cc(N/N=C/c2nc(-c3ccc(Cl)cc3)oc2C)c2cc(Cl)ccc2n1. The number of nitrogens with zero attached hydrogens (tertiary/aromatic N) is 3. The maximum absolute atomic E-state index is 6.13. The van der Waals surface area contributed by atoms with Gasteiger partial charge in [0.1, 0.15) is 11.5 Å². The first-order valence-corrected chi connectivity index (χ1v) is 9.34. The van der Waals surface area contributed by atoms with Crippen molar-refractivity contribution in [3.63, 3.8) is 0 Å². The Morgan fingerprint density at radius 3 is 2.50 bits per heavy atom. The van der Waals surface area contributed by atoms with Crippen LogP contribution in [0.15, 0.2) is 58.0 Å². The topological polar surface area (TPSA) is 63.3 Å². The largest absolute Gasteiger partial charge is 0.441 e. The number of aryl methyl sites for hydroxylation is 2. The van der Waals surface area contributed by atoms with E-state index < -0.39 is 0 Å². The predicted octanol–water partition coefficient (Wildman–Crippen LogP) is 6.26. The van der Waals surface area contributed by atoms with E-state index in [1.54, 1.807) is 18.3 Å². The van der Waals surface area contributed by atoms with Gasteiger partial charge < -0.3 is 4.42 Å². The van der Waals surface area contributed by atoms with Crippen LogP contribution >= 0.6 is 23.2 Å². The number of oxazole rings is 1. The van der Waals surface area contributed by atoms with Gasteiger partial charge in [0, 0.05) is 26.7 Å². The highest BCUT2D eigenvalue weighted by molar-refractivity contribution is 6.31. The lowest BCUT2D eigenvalue weighted by Gasteiger charge is -2.07. The molecule has 0 saturated heterocycles. The fourth-order valence-electron chi connectivity index (χ4n) is 2.83. The zero-order valence-electron chi connectivity index (χ0n) is 15.2. The lowest BCUT2D eigenvalue weighted by molar-refractivity contribution is 0.542. The van der Waals surface area contributed by atoms with Gasteiger partial charge in [-0.1, -0.05) is 23.2 Å². The molecule has 7 heteroatoms. The Balaban J connectivity index is 1.60. The van der Waals surface area contributed by atoms with Crippen LogP contribution < -0.4 is 5.43 Å². The molecule has 1 N–H and O–H groups in total. The van der Waals surface area contributed by atoms with Gasteiger partial charge in [-0.15, -0.1) is 0 Å². The van der Waals surface area contributed by atoms with E-state index in [9.17, 15) is 0 Å². The first-order chi connectivity index (χ1) is 13.5. The third-order valence-corrected chi connectivity index (χ3v) is 4.68. The van der Waals surface area contributed by atoms with Gasteiger partial charge in [0.05, 0.1) is 17.4 Å². The predicted molar refractivity (Wildman–Crippen MR) is 114 cm³/mol. The summed E-state index contributed by atoms with van der Waals surface area (Å²) in [6.45, 7) is 3.78. The van der Waals surface area contributed by atoms with Crippen molar-refractivity contribution in [2.24, 2.45) is 5.10 Å². The Hall–Kier alpha value is -2.89. The van der Waals surface area contributed by atoms with Gasteiger partial charge in [-0.25, -0.2) is 4.98 Å². The molecule has 0 fully saturated rings. The lowest BCUT2D eigenvalue weighted by Crippen LogP contribution is -1.95. The third kappa shape index (κ3) is 3.86. The minimum Gasteiger partial charge on any atom is -0.441 e. The highest BCUT2D eigenvalue weighted by atomic mass is 35.5. The van der Waals surface area contributed by atoms with Crippen LogP contribution in [0.25, 0.3) is 22.4 Å². The summed E-state index contributed by atoms with van der Waals surface area (Å²) < 4.78 is 5.75. The zero-order chi connectivity index (χ0) is 19.7. The van der Waals surface area contributed by atoms with Crippen LogP contribution in [0, 0.1) is 13.8 Å². The summed E-state index contributed by atoms with van der Waals surface area (Å²) in [6.07, 6.45) is 1.63. The number of hydrogen-bond acceptors (Lipinski definition) is 5. The summed E-state index contributed by atoms with van der Waals surface area (Å²) in [5.41, 5.74) is 7.11. The molecule has 28 heavy (non-hydrogen) atoms. The molecule has 4 rings (SSSR count). The smallest absolute Gasteiger partial charge is 0.226 e. The average Bonchev–Trinajstić information content (AvgIpc) is 3.03. The van der Waals surface area contributed by atoms with Crippen LogP contribution in [-0.2, 0) is 0 Å². The van der Waals surface area contributed by atoms with Crippen LogP contribution in [0.1, 0.15) is 17.1 Å². The lowest BCUT2D eigenvalue weighted by atomic mass is 10.1. The van der Waals surface area contributed by atoms with Gasteiger partial charge in [0.15, 0.2) is 0 Å². The van der Waals surface area contributed by atoms with Gasteiger partial charge in [0.25, 0.3) is 0 Å². The summed E-state index contributed by atoms with van der Waals surface area (Å²) in [5.74, 6) is 1.20. The monoisotopic (exact) mass is 410 g/mol. The highest BCUT2D eigenvalue weighted by Gasteiger charge is 2.10. The number of aromatic nitrogens is 2. The molecule has 0 aliphatic heterocycles. The fraction of sp³-hybridized carbons (Fsp3) is 0.0952. The molecular weight excluding hydrogens is 395 g/mol. The van der Waals surface area contributed by atoms with E-state index in [0.29, 0.717) is 27.4 Å². The van der Waals surface area contributed by atoms with E-state index >= 15 is 0 Å². The van der Waals surface area contributed by atoms with Gasteiger partial charge in [-0.3, -0.25) is 10.4 Å². The molecule has 0 radical (unpaired) electrons.